The number of ether oxygens (including phenoxy) is 5. The monoisotopic (exact) mass is 394 g/mol. The van der Waals surface area contributed by atoms with Crippen molar-refractivity contribution >= 4 is 8.32 Å². The van der Waals surface area contributed by atoms with Crippen LogP contribution >= 0.6 is 0 Å². The van der Waals surface area contributed by atoms with E-state index in [0.29, 0.717) is 66.1 Å². The molecule has 0 heterocycles. The molecule has 0 aromatic heterocycles. The number of hydrogen-bond donors (Lipinski definition) is 0. The smallest absolute Gasteiger partial charge is 0.192 e. The fourth-order valence-electron chi connectivity index (χ4n) is 1.70. The summed E-state index contributed by atoms with van der Waals surface area (Å²) >= 11 is 0. The van der Waals surface area contributed by atoms with Crippen molar-refractivity contribution in [1.29, 1.82) is 0 Å². The van der Waals surface area contributed by atoms with Crippen molar-refractivity contribution < 1.29 is 28.1 Å². The largest absolute Gasteiger partial charge is 0.414 e. The van der Waals surface area contributed by atoms with Gasteiger partial charge in [-0.05, 0) is 24.6 Å². The topological polar surface area (TPSA) is 55.4 Å². The standard InChI is InChI=1S/C19H42O6Si/c1-7-8-20-9-10-21-11-12-22-13-14-23-15-16-24-17-18-25-26(5,6)19(2,3)4/h7-18H2,1-6H3. The number of hydrogen-bond acceptors (Lipinski definition) is 6. The lowest BCUT2D eigenvalue weighted by atomic mass is 10.2. The van der Waals surface area contributed by atoms with Crippen LogP contribution in [0.3, 0.4) is 0 Å². The molecule has 0 spiro atoms. The molecule has 0 aromatic carbocycles. The Morgan fingerprint density at radius 2 is 0.846 bits per heavy atom. The summed E-state index contributed by atoms with van der Waals surface area (Å²) in [5, 5.41) is 0.240. The van der Waals surface area contributed by atoms with Gasteiger partial charge >= 0.3 is 0 Å². The Morgan fingerprint density at radius 3 is 1.15 bits per heavy atom. The highest BCUT2D eigenvalue weighted by atomic mass is 28.4. The van der Waals surface area contributed by atoms with Gasteiger partial charge < -0.3 is 28.1 Å². The zero-order valence-electron chi connectivity index (χ0n) is 17.9. The van der Waals surface area contributed by atoms with E-state index in [0.717, 1.165) is 13.0 Å². The van der Waals surface area contributed by atoms with Crippen LogP contribution in [0.5, 0.6) is 0 Å². The highest BCUT2D eigenvalue weighted by Crippen LogP contribution is 2.36. The summed E-state index contributed by atoms with van der Waals surface area (Å²) < 4.78 is 33.2. The third-order valence-corrected chi connectivity index (χ3v) is 8.87. The minimum absolute atomic E-state index is 0.240. The van der Waals surface area contributed by atoms with Gasteiger partial charge in [-0.1, -0.05) is 27.7 Å². The first kappa shape index (κ1) is 26.0. The van der Waals surface area contributed by atoms with Crippen molar-refractivity contribution in [2.45, 2.75) is 52.2 Å². The Balaban J connectivity index is 3.21. The summed E-state index contributed by atoms with van der Waals surface area (Å²) in [6, 6.07) is 0. The Kier molecular flexibility index (Phi) is 16.0. The van der Waals surface area contributed by atoms with Gasteiger partial charge in [-0.3, -0.25) is 0 Å². The Hall–Kier alpha value is -0.0231. The molecule has 0 amide bonds. The van der Waals surface area contributed by atoms with Crippen LogP contribution in [0.25, 0.3) is 0 Å². The predicted molar refractivity (Wildman–Crippen MR) is 108 cm³/mol. The highest BCUT2D eigenvalue weighted by Gasteiger charge is 2.36. The molecule has 0 aliphatic carbocycles. The van der Waals surface area contributed by atoms with Gasteiger partial charge in [-0.2, -0.15) is 0 Å². The molecule has 158 valence electrons. The molecule has 0 saturated carbocycles. The Bertz CT molecular complexity index is 307. The molecule has 0 fully saturated rings. The second-order valence-corrected chi connectivity index (χ2v) is 12.5. The summed E-state index contributed by atoms with van der Waals surface area (Å²) in [6.07, 6.45) is 1.04. The zero-order chi connectivity index (χ0) is 19.7. The molecule has 0 unspecified atom stereocenters. The maximum absolute atomic E-state index is 6.05. The van der Waals surface area contributed by atoms with Crippen LogP contribution in [0.2, 0.25) is 18.1 Å². The first-order chi connectivity index (χ1) is 12.3. The highest BCUT2D eigenvalue weighted by molar-refractivity contribution is 6.74. The summed E-state index contributed by atoms with van der Waals surface area (Å²) in [5.41, 5.74) is 0. The normalized spacial score (nSPS) is 12.7. The third-order valence-electron chi connectivity index (χ3n) is 4.33. The van der Waals surface area contributed by atoms with E-state index in [9.17, 15) is 0 Å². The van der Waals surface area contributed by atoms with Crippen molar-refractivity contribution in [1.82, 2.24) is 0 Å². The lowest BCUT2D eigenvalue weighted by molar-refractivity contribution is -0.0129. The van der Waals surface area contributed by atoms with Gasteiger partial charge in [0.05, 0.1) is 66.1 Å². The average molecular weight is 395 g/mol. The zero-order valence-corrected chi connectivity index (χ0v) is 18.9. The third kappa shape index (κ3) is 15.1. The van der Waals surface area contributed by atoms with Crippen LogP contribution in [0.4, 0.5) is 0 Å². The molecular formula is C19H42O6Si. The SMILES string of the molecule is CCCOCCOCCOCCOCCOCCO[Si](C)(C)C(C)(C)C. The molecule has 0 N–H and O–H groups in total. The van der Waals surface area contributed by atoms with E-state index in [4.69, 9.17) is 28.1 Å². The van der Waals surface area contributed by atoms with Crippen molar-refractivity contribution in [3.63, 3.8) is 0 Å². The first-order valence-corrected chi connectivity index (χ1v) is 12.7. The second-order valence-electron chi connectivity index (χ2n) is 7.67. The minimum atomic E-state index is -1.66. The fraction of sp³-hybridized carbons (Fsp3) is 1.00. The van der Waals surface area contributed by atoms with Gasteiger partial charge in [-0.25, -0.2) is 0 Å². The molecule has 0 aliphatic heterocycles. The first-order valence-electron chi connectivity index (χ1n) is 9.84. The molecule has 26 heavy (non-hydrogen) atoms. The van der Waals surface area contributed by atoms with Crippen LogP contribution in [0.15, 0.2) is 0 Å². The molecule has 0 saturated heterocycles. The van der Waals surface area contributed by atoms with Gasteiger partial charge in [0.1, 0.15) is 0 Å². The molecule has 0 aromatic rings. The lowest BCUT2D eigenvalue weighted by Gasteiger charge is -2.36. The molecule has 0 radical (unpaired) electrons. The van der Waals surface area contributed by atoms with Crippen LogP contribution in [-0.4, -0.2) is 81.0 Å². The molecule has 0 bridgehead atoms. The maximum Gasteiger partial charge on any atom is 0.192 e. The van der Waals surface area contributed by atoms with E-state index in [1.807, 2.05) is 0 Å². The second kappa shape index (κ2) is 16.0. The quantitative estimate of drug-likeness (QED) is 0.262. The van der Waals surface area contributed by atoms with Gasteiger partial charge in [0.2, 0.25) is 0 Å². The molecule has 0 rings (SSSR count). The van der Waals surface area contributed by atoms with Crippen molar-refractivity contribution in [3.05, 3.63) is 0 Å². The van der Waals surface area contributed by atoms with Gasteiger partial charge in [0.15, 0.2) is 8.32 Å². The van der Waals surface area contributed by atoms with E-state index >= 15 is 0 Å². The van der Waals surface area contributed by atoms with Gasteiger partial charge in [0, 0.05) is 6.61 Å². The Labute approximate surface area is 161 Å². The van der Waals surface area contributed by atoms with Crippen LogP contribution < -0.4 is 0 Å². The molecule has 0 atom stereocenters. The maximum atomic E-state index is 6.05. The number of rotatable bonds is 18. The van der Waals surface area contributed by atoms with Gasteiger partial charge in [-0.15, -0.1) is 0 Å². The fourth-order valence-corrected chi connectivity index (χ4v) is 2.72. The minimum Gasteiger partial charge on any atom is -0.414 e. The van der Waals surface area contributed by atoms with Crippen molar-refractivity contribution in [2.24, 2.45) is 0 Å². The van der Waals surface area contributed by atoms with Crippen LogP contribution in [-0.2, 0) is 28.1 Å². The van der Waals surface area contributed by atoms with Crippen LogP contribution in [0.1, 0.15) is 34.1 Å². The van der Waals surface area contributed by atoms with E-state index in [-0.39, 0.29) is 5.04 Å². The Morgan fingerprint density at radius 1 is 0.538 bits per heavy atom. The summed E-state index contributed by atoms with van der Waals surface area (Å²) in [5.74, 6) is 0. The molecular weight excluding hydrogens is 352 g/mol. The van der Waals surface area contributed by atoms with E-state index < -0.39 is 8.32 Å². The average Bonchev–Trinajstić information content (AvgIpc) is 2.56. The van der Waals surface area contributed by atoms with Crippen LogP contribution in [0, 0.1) is 0 Å². The molecule has 6 nitrogen and oxygen atoms in total. The van der Waals surface area contributed by atoms with Crippen molar-refractivity contribution in [3.8, 4) is 0 Å². The summed E-state index contributed by atoms with van der Waals surface area (Å²) in [6.45, 7) is 20.1. The summed E-state index contributed by atoms with van der Waals surface area (Å²) in [4.78, 5) is 0. The molecule has 7 heteroatoms. The molecule has 0 aliphatic rings. The lowest BCUT2D eigenvalue weighted by Crippen LogP contribution is -2.41. The van der Waals surface area contributed by atoms with Crippen molar-refractivity contribution in [2.75, 3.05) is 72.7 Å². The predicted octanol–water partition coefficient (Wildman–Crippen LogP) is 3.50. The summed E-state index contributed by atoms with van der Waals surface area (Å²) in [7, 11) is -1.66. The van der Waals surface area contributed by atoms with E-state index in [1.54, 1.807) is 0 Å². The van der Waals surface area contributed by atoms with E-state index in [2.05, 4.69) is 40.8 Å². The van der Waals surface area contributed by atoms with Gasteiger partial charge in [0.25, 0.3) is 0 Å². The van der Waals surface area contributed by atoms with E-state index in [1.165, 1.54) is 0 Å².